The minimum atomic E-state index is -0.298. The number of anilines is 2. The molecule has 1 aromatic carbocycles. The van der Waals surface area contributed by atoms with E-state index in [1.54, 1.807) is 33.2 Å². The van der Waals surface area contributed by atoms with E-state index in [0.29, 0.717) is 22.9 Å². The Labute approximate surface area is 180 Å². The summed E-state index contributed by atoms with van der Waals surface area (Å²) in [7, 11) is 1.58. The molecule has 4 N–H and O–H groups in total. The van der Waals surface area contributed by atoms with Crippen molar-refractivity contribution in [1.82, 2.24) is 19.9 Å². The van der Waals surface area contributed by atoms with Crippen molar-refractivity contribution in [2.75, 3.05) is 18.1 Å². The average molecular weight is 419 g/mol. The second-order valence-corrected chi connectivity index (χ2v) is 7.90. The van der Waals surface area contributed by atoms with E-state index in [1.807, 2.05) is 12.1 Å². The lowest BCUT2D eigenvalue weighted by atomic mass is 10.1. The Morgan fingerprint density at radius 2 is 1.90 bits per heavy atom. The average Bonchev–Trinajstić information content (AvgIpc) is 3.16. The smallest absolute Gasteiger partial charge is 0.299 e. The quantitative estimate of drug-likeness (QED) is 0.581. The van der Waals surface area contributed by atoms with Gasteiger partial charge in [-0.3, -0.25) is 14.2 Å². The van der Waals surface area contributed by atoms with Gasteiger partial charge >= 0.3 is 0 Å². The number of likely N-dealkylation sites (N-methyl/N-ethyl adjacent to an activating group) is 1. The predicted octanol–water partition coefficient (Wildman–Crippen LogP) is 1.69. The number of rotatable bonds is 5. The molecule has 0 bridgehead atoms. The highest BCUT2D eigenvalue weighted by Gasteiger charge is 2.23. The molecule has 8 heteroatoms. The zero-order valence-electron chi connectivity index (χ0n) is 17.9. The van der Waals surface area contributed by atoms with Gasteiger partial charge < -0.3 is 16.4 Å². The molecule has 1 aliphatic carbocycles. The van der Waals surface area contributed by atoms with Crippen molar-refractivity contribution in [3.05, 3.63) is 75.0 Å². The van der Waals surface area contributed by atoms with Crippen LogP contribution in [0.2, 0.25) is 0 Å². The van der Waals surface area contributed by atoms with Gasteiger partial charge in [-0.15, -0.1) is 0 Å². The Kier molecular flexibility index (Phi) is 5.46. The minimum Gasteiger partial charge on any atom is -0.396 e. The van der Waals surface area contributed by atoms with Crippen molar-refractivity contribution in [2.24, 2.45) is 0 Å². The summed E-state index contributed by atoms with van der Waals surface area (Å²) >= 11 is 0. The Morgan fingerprint density at radius 3 is 2.55 bits per heavy atom. The third-order valence-electron chi connectivity index (χ3n) is 5.70. The van der Waals surface area contributed by atoms with Crippen molar-refractivity contribution in [3.63, 3.8) is 0 Å². The number of carbonyl (C=O) groups excluding carboxylic acids is 1. The first-order valence-electron chi connectivity index (χ1n) is 10.3. The predicted molar refractivity (Wildman–Crippen MR) is 121 cm³/mol. The standard InChI is InChI=1S/C23H26N6O2/c1-13-12-26-21(28-18-8-15-6-4-5-7-16(15)9-18)23(31)29(13)22-19(24)10-17(14(2)27-22)11-20(30)25-3/h4-7,10,12,18H,8-9,11,24H2,1-3H3,(H,25,30)(H,26,28). The molecule has 2 aromatic heterocycles. The van der Waals surface area contributed by atoms with Crippen LogP contribution in [0.25, 0.3) is 5.82 Å². The van der Waals surface area contributed by atoms with Gasteiger partial charge in [0.15, 0.2) is 11.6 Å². The SMILES string of the molecule is CNC(=O)Cc1cc(N)c(-n2c(C)cnc(NC3Cc4ccccc4C3)c2=O)nc1C. The first kappa shape index (κ1) is 20.6. The van der Waals surface area contributed by atoms with Crippen molar-refractivity contribution >= 4 is 17.4 Å². The zero-order chi connectivity index (χ0) is 22.1. The molecule has 1 aliphatic rings. The van der Waals surface area contributed by atoms with Gasteiger partial charge in [0.2, 0.25) is 5.91 Å². The van der Waals surface area contributed by atoms with Crippen LogP contribution in [0.3, 0.4) is 0 Å². The fraction of sp³-hybridized carbons (Fsp3) is 0.304. The second-order valence-electron chi connectivity index (χ2n) is 7.90. The molecule has 1 amide bonds. The second kappa shape index (κ2) is 8.22. The summed E-state index contributed by atoms with van der Waals surface area (Å²) in [5.41, 5.74) is 10.9. The number of pyridine rings is 1. The first-order valence-corrected chi connectivity index (χ1v) is 10.3. The summed E-state index contributed by atoms with van der Waals surface area (Å²) in [4.78, 5) is 34.0. The number of hydrogen-bond acceptors (Lipinski definition) is 6. The minimum absolute atomic E-state index is 0.107. The highest BCUT2D eigenvalue weighted by molar-refractivity contribution is 5.79. The molecule has 8 nitrogen and oxygen atoms in total. The van der Waals surface area contributed by atoms with Gasteiger partial charge in [-0.05, 0) is 49.4 Å². The molecular formula is C23H26N6O2. The van der Waals surface area contributed by atoms with Crippen LogP contribution in [0.4, 0.5) is 11.5 Å². The number of benzene rings is 1. The van der Waals surface area contributed by atoms with Crippen molar-refractivity contribution < 1.29 is 4.79 Å². The van der Waals surface area contributed by atoms with Crippen molar-refractivity contribution in [3.8, 4) is 5.82 Å². The number of aromatic nitrogens is 3. The summed E-state index contributed by atoms with van der Waals surface area (Å²) in [6.07, 6.45) is 3.51. The number of hydrogen-bond donors (Lipinski definition) is 3. The highest BCUT2D eigenvalue weighted by atomic mass is 16.1. The summed E-state index contributed by atoms with van der Waals surface area (Å²) in [5.74, 6) is 0.496. The fourth-order valence-electron chi connectivity index (χ4n) is 4.02. The molecule has 0 atom stereocenters. The molecule has 2 heterocycles. The molecule has 160 valence electrons. The maximum absolute atomic E-state index is 13.3. The summed E-state index contributed by atoms with van der Waals surface area (Å²) in [5, 5.41) is 5.90. The van der Waals surface area contributed by atoms with Gasteiger partial charge in [0.25, 0.3) is 5.56 Å². The van der Waals surface area contributed by atoms with Gasteiger partial charge in [-0.2, -0.15) is 0 Å². The number of fused-ring (bicyclic) bond motifs is 1. The van der Waals surface area contributed by atoms with Gasteiger partial charge in [-0.25, -0.2) is 9.97 Å². The van der Waals surface area contributed by atoms with E-state index in [9.17, 15) is 9.59 Å². The largest absolute Gasteiger partial charge is 0.396 e. The first-order chi connectivity index (χ1) is 14.9. The van der Waals surface area contributed by atoms with Gasteiger partial charge in [-0.1, -0.05) is 24.3 Å². The molecule has 0 fully saturated rings. The lowest BCUT2D eigenvalue weighted by Gasteiger charge is -2.17. The molecule has 0 saturated carbocycles. The Hall–Kier alpha value is -3.68. The molecule has 0 spiro atoms. The van der Waals surface area contributed by atoms with E-state index < -0.39 is 0 Å². The normalized spacial score (nSPS) is 13.1. The number of amides is 1. The molecule has 0 saturated heterocycles. The fourth-order valence-corrected chi connectivity index (χ4v) is 4.02. The number of nitrogens with zero attached hydrogens (tertiary/aromatic N) is 3. The molecule has 0 unspecified atom stereocenters. The number of nitrogens with two attached hydrogens (primary N) is 1. The Bertz CT molecular complexity index is 1190. The third-order valence-corrected chi connectivity index (χ3v) is 5.70. The van der Waals surface area contributed by atoms with Crippen molar-refractivity contribution in [2.45, 2.75) is 39.2 Å². The molecule has 4 rings (SSSR count). The zero-order valence-corrected chi connectivity index (χ0v) is 17.9. The maximum Gasteiger partial charge on any atom is 0.299 e. The molecular weight excluding hydrogens is 392 g/mol. The number of carbonyl (C=O) groups is 1. The summed E-state index contributed by atoms with van der Waals surface area (Å²) in [6.45, 7) is 3.59. The Morgan fingerprint density at radius 1 is 1.23 bits per heavy atom. The number of nitrogens with one attached hydrogen (secondary N) is 2. The van der Waals surface area contributed by atoms with Gasteiger partial charge in [0.05, 0.1) is 12.1 Å². The third kappa shape index (κ3) is 4.01. The summed E-state index contributed by atoms with van der Waals surface area (Å²) < 4.78 is 1.48. The van der Waals surface area contributed by atoms with Crippen LogP contribution in [-0.2, 0) is 24.1 Å². The van der Waals surface area contributed by atoms with Crippen LogP contribution < -0.4 is 21.9 Å². The molecule has 0 radical (unpaired) electrons. The van der Waals surface area contributed by atoms with Crippen LogP contribution >= 0.6 is 0 Å². The number of nitrogen functional groups attached to an aromatic ring is 1. The van der Waals surface area contributed by atoms with Crippen LogP contribution in [0.15, 0.2) is 41.3 Å². The molecule has 31 heavy (non-hydrogen) atoms. The van der Waals surface area contributed by atoms with Crippen LogP contribution in [0, 0.1) is 13.8 Å². The van der Waals surface area contributed by atoms with E-state index in [0.717, 1.165) is 18.4 Å². The van der Waals surface area contributed by atoms with E-state index in [1.165, 1.54) is 15.7 Å². The maximum atomic E-state index is 13.3. The van der Waals surface area contributed by atoms with E-state index in [2.05, 4.69) is 32.7 Å². The van der Waals surface area contributed by atoms with Crippen LogP contribution in [0.1, 0.15) is 28.1 Å². The van der Waals surface area contributed by atoms with Gasteiger partial charge in [0, 0.05) is 30.7 Å². The van der Waals surface area contributed by atoms with Crippen molar-refractivity contribution in [1.29, 1.82) is 0 Å². The van der Waals surface area contributed by atoms with Crippen LogP contribution in [-0.4, -0.2) is 33.5 Å². The Balaban J connectivity index is 1.66. The summed E-state index contributed by atoms with van der Waals surface area (Å²) in [6, 6.07) is 10.1. The lowest BCUT2D eigenvalue weighted by Crippen LogP contribution is -2.31. The van der Waals surface area contributed by atoms with E-state index >= 15 is 0 Å². The van der Waals surface area contributed by atoms with E-state index in [-0.39, 0.29) is 29.7 Å². The lowest BCUT2D eigenvalue weighted by molar-refractivity contribution is -0.119. The monoisotopic (exact) mass is 418 g/mol. The van der Waals surface area contributed by atoms with E-state index in [4.69, 9.17) is 5.73 Å². The number of aryl methyl sites for hydroxylation is 2. The van der Waals surface area contributed by atoms with Crippen LogP contribution in [0.5, 0.6) is 0 Å². The topological polar surface area (TPSA) is 115 Å². The molecule has 0 aliphatic heterocycles. The van der Waals surface area contributed by atoms with Gasteiger partial charge in [0.1, 0.15) is 0 Å². The highest BCUT2D eigenvalue weighted by Crippen LogP contribution is 2.24. The molecule has 3 aromatic rings.